The maximum Gasteiger partial charge on any atom is 0.196 e. The fourth-order valence-electron chi connectivity index (χ4n) is 2.95. The zero-order valence-corrected chi connectivity index (χ0v) is 14.8. The van der Waals surface area contributed by atoms with Gasteiger partial charge in [-0.1, -0.05) is 12.1 Å². The summed E-state index contributed by atoms with van der Waals surface area (Å²) in [7, 11) is 0. The van der Waals surface area contributed by atoms with Crippen LogP contribution in [-0.4, -0.2) is 22.4 Å². The highest BCUT2D eigenvalue weighted by Gasteiger charge is 2.25. The lowest BCUT2D eigenvalue weighted by Gasteiger charge is -2.21. The summed E-state index contributed by atoms with van der Waals surface area (Å²) in [5.41, 5.74) is 4.89. The molecule has 3 aromatic rings. The minimum absolute atomic E-state index is 0.0143. The molecule has 0 saturated carbocycles. The molecule has 0 atom stereocenters. The van der Waals surface area contributed by atoms with Crippen molar-refractivity contribution in [1.29, 1.82) is 0 Å². The van der Waals surface area contributed by atoms with Crippen molar-refractivity contribution in [1.82, 2.24) is 9.97 Å². The third kappa shape index (κ3) is 2.98. The number of ketones is 1. The van der Waals surface area contributed by atoms with E-state index in [2.05, 4.69) is 9.97 Å². The molecule has 25 heavy (non-hydrogen) atoms. The van der Waals surface area contributed by atoms with Gasteiger partial charge in [0.25, 0.3) is 0 Å². The van der Waals surface area contributed by atoms with Crippen molar-refractivity contribution in [3.63, 3.8) is 0 Å². The van der Waals surface area contributed by atoms with Gasteiger partial charge in [0.05, 0.1) is 17.0 Å². The fourth-order valence-corrected chi connectivity index (χ4v) is 3.70. The van der Waals surface area contributed by atoms with E-state index >= 15 is 0 Å². The zero-order chi connectivity index (χ0) is 17.4. The number of Topliss-reactive ketones (excluding diaryl/α,β-unsaturated/α-hetero) is 1. The number of hydrogen-bond acceptors (Lipinski definition) is 5. The van der Waals surface area contributed by atoms with Gasteiger partial charge < -0.3 is 4.74 Å². The number of carbonyl (C=O) groups excluding carboxylic acids is 1. The van der Waals surface area contributed by atoms with Gasteiger partial charge in [-0.3, -0.25) is 9.78 Å². The van der Waals surface area contributed by atoms with Gasteiger partial charge in [0.15, 0.2) is 5.78 Å². The highest BCUT2D eigenvalue weighted by Crippen LogP contribution is 2.32. The number of carbonyl (C=O) groups is 1. The Morgan fingerprint density at radius 2 is 2.12 bits per heavy atom. The van der Waals surface area contributed by atoms with E-state index in [0.29, 0.717) is 16.9 Å². The summed E-state index contributed by atoms with van der Waals surface area (Å²) in [5.74, 6) is 0.709. The van der Waals surface area contributed by atoms with Gasteiger partial charge in [0.1, 0.15) is 17.4 Å². The van der Waals surface area contributed by atoms with Crippen molar-refractivity contribution < 1.29 is 9.53 Å². The van der Waals surface area contributed by atoms with Gasteiger partial charge in [-0.2, -0.15) is 0 Å². The average Bonchev–Trinajstić information content (AvgIpc) is 3.07. The molecule has 0 bridgehead atoms. The van der Waals surface area contributed by atoms with Crippen LogP contribution in [0.4, 0.5) is 0 Å². The van der Waals surface area contributed by atoms with Gasteiger partial charge in [0.2, 0.25) is 0 Å². The summed E-state index contributed by atoms with van der Waals surface area (Å²) in [5, 5.41) is 2.77. The lowest BCUT2D eigenvalue weighted by Crippen LogP contribution is -2.20. The largest absolute Gasteiger partial charge is 0.488 e. The predicted octanol–water partition coefficient (Wildman–Crippen LogP) is 4.48. The van der Waals surface area contributed by atoms with E-state index in [1.807, 2.05) is 55.6 Å². The number of hydrogen-bond donors (Lipinski definition) is 0. The molecule has 0 saturated heterocycles. The van der Waals surface area contributed by atoms with Crippen LogP contribution in [0.1, 0.15) is 27.2 Å². The maximum atomic E-state index is 12.8. The first-order valence-corrected chi connectivity index (χ1v) is 8.86. The van der Waals surface area contributed by atoms with Crippen LogP contribution in [0.2, 0.25) is 0 Å². The predicted molar refractivity (Wildman–Crippen MR) is 99.1 cm³/mol. The van der Waals surface area contributed by atoms with E-state index in [0.717, 1.165) is 27.5 Å². The summed E-state index contributed by atoms with van der Waals surface area (Å²) in [6.45, 7) is 4.22. The van der Waals surface area contributed by atoms with E-state index in [1.54, 1.807) is 6.20 Å². The third-order valence-electron chi connectivity index (χ3n) is 4.06. The molecule has 0 radical (unpaired) electrons. The molecule has 4 rings (SSSR count). The van der Waals surface area contributed by atoms with Crippen LogP contribution in [0, 0.1) is 13.8 Å². The van der Waals surface area contributed by atoms with Crippen LogP contribution >= 0.6 is 11.3 Å². The Labute approximate surface area is 149 Å². The topological polar surface area (TPSA) is 52.1 Å². The standard InChI is InChI=1S/C20H16N2O2S/c1-12-7-13(2)19-16(8-12)18(23)14(10-24-19)9-15-11-25-20(22-15)17-5-3-4-6-21-17/h3-9,11H,10H2,1-2H3/b14-9-. The Hall–Kier alpha value is -2.79. The van der Waals surface area contributed by atoms with Gasteiger partial charge in [-0.15, -0.1) is 11.3 Å². The van der Waals surface area contributed by atoms with E-state index in [9.17, 15) is 4.79 Å². The summed E-state index contributed by atoms with van der Waals surface area (Å²) in [4.78, 5) is 21.7. The summed E-state index contributed by atoms with van der Waals surface area (Å²) >= 11 is 1.51. The van der Waals surface area contributed by atoms with Gasteiger partial charge in [-0.25, -0.2) is 4.98 Å². The smallest absolute Gasteiger partial charge is 0.196 e. The van der Waals surface area contributed by atoms with Crippen LogP contribution in [-0.2, 0) is 0 Å². The Kier molecular flexibility index (Phi) is 3.93. The van der Waals surface area contributed by atoms with E-state index in [4.69, 9.17) is 4.74 Å². The number of nitrogens with zero attached hydrogens (tertiary/aromatic N) is 2. The summed E-state index contributed by atoms with van der Waals surface area (Å²) in [6, 6.07) is 9.65. The van der Waals surface area contributed by atoms with E-state index in [1.165, 1.54) is 11.3 Å². The van der Waals surface area contributed by atoms with Crippen molar-refractivity contribution in [2.24, 2.45) is 0 Å². The zero-order valence-electron chi connectivity index (χ0n) is 13.9. The Morgan fingerprint density at radius 1 is 1.24 bits per heavy atom. The van der Waals surface area contributed by atoms with E-state index in [-0.39, 0.29) is 12.4 Å². The molecule has 0 spiro atoms. The van der Waals surface area contributed by atoms with Crippen LogP contribution in [0.25, 0.3) is 16.8 Å². The highest BCUT2D eigenvalue weighted by molar-refractivity contribution is 7.13. The molecular formula is C20H16N2O2S. The second-order valence-electron chi connectivity index (χ2n) is 6.04. The molecule has 124 valence electrons. The van der Waals surface area contributed by atoms with Crippen molar-refractivity contribution in [3.05, 3.63) is 69.9 Å². The highest BCUT2D eigenvalue weighted by atomic mass is 32.1. The number of rotatable bonds is 2. The minimum atomic E-state index is 0.0143. The molecule has 2 aromatic heterocycles. The summed E-state index contributed by atoms with van der Waals surface area (Å²) < 4.78 is 5.83. The lowest BCUT2D eigenvalue weighted by molar-refractivity contribution is 0.1000. The quantitative estimate of drug-likeness (QED) is 0.641. The number of thiazole rings is 1. The lowest BCUT2D eigenvalue weighted by atomic mass is 9.95. The molecule has 1 aliphatic heterocycles. The normalized spacial score (nSPS) is 15.1. The van der Waals surface area contributed by atoms with Crippen molar-refractivity contribution in [3.8, 4) is 16.5 Å². The van der Waals surface area contributed by atoms with Gasteiger partial charge >= 0.3 is 0 Å². The first kappa shape index (κ1) is 15.7. The van der Waals surface area contributed by atoms with Crippen LogP contribution < -0.4 is 4.74 Å². The van der Waals surface area contributed by atoms with Crippen molar-refractivity contribution >= 4 is 23.2 Å². The average molecular weight is 348 g/mol. The molecule has 0 N–H and O–H groups in total. The number of fused-ring (bicyclic) bond motifs is 1. The molecule has 4 nitrogen and oxygen atoms in total. The second-order valence-corrected chi connectivity index (χ2v) is 6.90. The first-order chi connectivity index (χ1) is 12.1. The van der Waals surface area contributed by atoms with Crippen LogP contribution in [0.3, 0.4) is 0 Å². The Morgan fingerprint density at radius 3 is 2.92 bits per heavy atom. The molecule has 0 amide bonds. The molecule has 0 fully saturated rings. The number of ether oxygens (including phenoxy) is 1. The van der Waals surface area contributed by atoms with Crippen molar-refractivity contribution in [2.45, 2.75) is 13.8 Å². The van der Waals surface area contributed by atoms with Gasteiger partial charge in [0, 0.05) is 17.2 Å². The fraction of sp³-hybridized carbons (Fsp3) is 0.150. The van der Waals surface area contributed by atoms with Crippen LogP contribution in [0.5, 0.6) is 5.75 Å². The molecular weight excluding hydrogens is 332 g/mol. The molecule has 0 aliphatic carbocycles. The maximum absolute atomic E-state index is 12.8. The Balaban J connectivity index is 1.67. The molecule has 5 heteroatoms. The molecule has 0 unspecified atom stereocenters. The summed E-state index contributed by atoms with van der Waals surface area (Å²) in [6.07, 6.45) is 3.56. The number of pyridine rings is 1. The van der Waals surface area contributed by atoms with Crippen molar-refractivity contribution in [2.75, 3.05) is 6.61 Å². The van der Waals surface area contributed by atoms with E-state index < -0.39 is 0 Å². The molecule has 1 aliphatic rings. The third-order valence-corrected chi connectivity index (χ3v) is 4.94. The second kappa shape index (κ2) is 6.26. The first-order valence-electron chi connectivity index (χ1n) is 7.98. The van der Waals surface area contributed by atoms with Gasteiger partial charge in [-0.05, 0) is 49.2 Å². The monoisotopic (exact) mass is 348 g/mol. The number of benzene rings is 1. The minimum Gasteiger partial charge on any atom is -0.488 e. The Bertz CT molecular complexity index is 990. The SMILES string of the molecule is Cc1cc(C)c2c(c1)C(=O)/C(=C\c1csc(-c3ccccn3)n1)CO2. The molecule has 3 heterocycles. The molecule has 1 aromatic carbocycles. The van der Waals surface area contributed by atoms with Crippen LogP contribution in [0.15, 0.2) is 47.5 Å². The number of aromatic nitrogens is 2. The number of aryl methyl sites for hydroxylation is 2.